The van der Waals surface area contributed by atoms with Gasteiger partial charge in [0, 0.05) is 38.7 Å². The summed E-state index contributed by atoms with van der Waals surface area (Å²) in [6, 6.07) is 6.02. The third-order valence-electron chi connectivity index (χ3n) is 4.97. The minimum absolute atomic E-state index is 0.0706. The van der Waals surface area contributed by atoms with Crippen LogP contribution in [0, 0.1) is 0 Å². The topological polar surface area (TPSA) is 68.3 Å². The van der Waals surface area contributed by atoms with Crippen LogP contribution in [-0.2, 0) is 32.0 Å². The van der Waals surface area contributed by atoms with Crippen LogP contribution in [0.4, 0.5) is 0 Å². The van der Waals surface area contributed by atoms with Crippen LogP contribution in [0.5, 0.6) is 5.75 Å². The van der Waals surface area contributed by atoms with Gasteiger partial charge in [-0.15, -0.1) is 0 Å². The lowest BCUT2D eigenvalue weighted by Crippen LogP contribution is -2.40. The second-order valence-corrected chi connectivity index (χ2v) is 6.84. The lowest BCUT2D eigenvalue weighted by molar-refractivity contribution is -0.135. The van der Waals surface area contributed by atoms with Gasteiger partial charge in [0.1, 0.15) is 12.4 Å². The van der Waals surface area contributed by atoms with Gasteiger partial charge in [-0.1, -0.05) is 12.1 Å². The van der Waals surface area contributed by atoms with Gasteiger partial charge < -0.3 is 24.0 Å². The van der Waals surface area contributed by atoms with E-state index < -0.39 is 0 Å². The second kappa shape index (κ2) is 9.71. The summed E-state index contributed by atoms with van der Waals surface area (Å²) in [5, 5.41) is 0. The van der Waals surface area contributed by atoms with Crippen LogP contribution < -0.4 is 4.74 Å². The van der Waals surface area contributed by atoms with Crippen molar-refractivity contribution in [1.29, 1.82) is 0 Å². The van der Waals surface area contributed by atoms with Gasteiger partial charge in [-0.3, -0.25) is 9.59 Å². The number of aryl methyl sites for hydroxylation is 1. The highest BCUT2D eigenvalue weighted by atomic mass is 16.5. The first kappa shape index (κ1) is 19.6. The Kier molecular flexibility index (Phi) is 7.06. The lowest BCUT2D eigenvalue weighted by Gasteiger charge is -2.26. The molecule has 0 aromatic heterocycles. The van der Waals surface area contributed by atoms with E-state index in [9.17, 15) is 9.59 Å². The van der Waals surface area contributed by atoms with Crippen LogP contribution in [-0.4, -0.2) is 74.8 Å². The molecule has 3 rings (SSSR count). The van der Waals surface area contributed by atoms with Crippen molar-refractivity contribution in [2.75, 3.05) is 53.2 Å². The van der Waals surface area contributed by atoms with Gasteiger partial charge in [-0.25, -0.2) is 0 Å². The molecule has 0 saturated carbocycles. The fourth-order valence-electron chi connectivity index (χ4n) is 3.39. The summed E-state index contributed by atoms with van der Waals surface area (Å²) in [6.45, 7) is 4.60. The van der Waals surface area contributed by atoms with Crippen molar-refractivity contribution in [3.05, 3.63) is 29.3 Å². The summed E-state index contributed by atoms with van der Waals surface area (Å²) >= 11 is 0. The number of nitrogens with zero attached hydrogens (tertiary/aromatic N) is 2. The van der Waals surface area contributed by atoms with Gasteiger partial charge in [0.2, 0.25) is 11.8 Å². The van der Waals surface area contributed by atoms with Gasteiger partial charge >= 0.3 is 0 Å². The van der Waals surface area contributed by atoms with Crippen molar-refractivity contribution in [3.63, 3.8) is 0 Å². The quantitative estimate of drug-likeness (QED) is 0.747. The zero-order valence-electron chi connectivity index (χ0n) is 15.9. The number of morpholine rings is 1. The molecule has 0 spiro atoms. The highest BCUT2D eigenvalue weighted by Gasteiger charge is 2.21. The molecule has 2 aliphatic heterocycles. The van der Waals surface area contributed by atoms with Crippen molar-refractivity contribution >= 4 is 11.8 Å². The van der Waals surface area contributed by atoms with Crippen LogP contribution in [0.15, 0.2) is 18.2 Å². The zero-order valence-corrected chi connectivity index (χ0v) is 15.9. The Hall–Kier alpha value is -2.12. The zero-order chi connectivity index (χ0) is 19.1. The molecule has 7 heteroatoms. The maximum Gasteiger partial charge on any atom is 0.225 e. The Bertz CT molecular complexity index is 658. The molecular weight excluding hydrogens is 348 g/mol. The molecule has 0 atom stereocenters. The highest BCUT2D eigenvalue weighted by molar-refractivity contribution is 5.77. The van der Waals surface area contributed by atoms with E-state index in [1.165, 1.54) is 0 Å². The predicted octanol–water partition coefficient (Wildman–Crippen LogP) is 1.24. The van der Waals surface area contributed by atoms with E-state index in [2.05, 4.69) is 6.07 Å². The molecule has 148 valence electrons. The summed E-state index contributed by atoms with van der Waals surface area (Å²) in [4.78, 5) is 28.3. The Morgan fingerprint density at radius 2 is 1.78 bits per heavy atom. The first-order valence-corrected chi connectivity index (χ1v) is 9.54. The molecule has 1 aromatic rings. The maximum absolute atomic E-state index is 12.3. The van der Waals surface area contributed by atoms with Crippen molar-refractivity contribution in [3.8, 4) is 5.75 Å². The van der Waals surface area contributed by atoms with Crippen LogP contribution >= 0.6 is 0 Å². The number of methoxy groups -OCH3 is 1. The Morgan fingerprint density at radius 1 is 1.04 bits per heavy atom. The molecule has 2 aliphatic rings. The average molecular weight is 376 g/mol. The summed E-state index contributed by atoms with van der Waals surface area (Å²) in [7, 11) is 1.60. The molecule has 7 nitrogen and oxygen atoms in total. The Balaban J connectivity index is 1.60. The van der Waals surface area contributed by atoms with E-state index in [1.54, 1.807) is 7.11 Å². The minimum atomic E-state index is 0.0706. The van der Waals surface area contributed by atoms with E-state index in [1.807, 2.05) is 21.9 Å². The number of fused-ring (bicyclic) bond motifs is 1. The number of hydrogen-bond acceptors (Lipinski definition) is 5. The fraction of sp³-hybridized carbons (Fsp3) is 0.600. The maximum atomic E-state index is 12.3. The molecule has 0 unspecified atom stereocenters. The molecule has 2 amide bonds. The second-order valence-electron chi connectivity index (χ2n) is 6.84. The van der Waals surface area contributed by atoms with E-state index >= 15 is 0 Å². The summed E-state index contributed by atoms with van der Waals surface area (Å²) < 4.78 is 16.1. The molecular formula is C20H28N2O5. The van der Waals surface area contributed by atoms with Gasteiger partial charge in [-0.2, -0.15) is 0 Å². The summed E-state index contributed by atoms with van der Waals surface area (Å²) in [5.74, 6) is 1.06. The van der Waals surface area contributed by atoms with Gasteiger partial charge in [0.05, 0.1) is 32.8 Å². The third-order valence-corrected chi connectivity index (χ3v) is 4.97. The van der Waals surface area contributed by atoms with E-state index in [0.29, 0.717) is 71.9 Å². The van der Waals surface area contributed by atoms with Crippen LogP contribution in [0.2, 0.25) is 0 Å². The van der Waals surface area contributed by atoms with Crippen molar-refractivity contribution in [1.82, 2.24) is 9.80 Å². The number of rotatable bonds is 6. The summed E-state index contributed by atoms with van der Waals surface area (Å²) in [6.07, 6.45) is 1.54. The Morgan fingerprint density at radius 3 is 2.56 bits per heavy atom. The number of hydrogen-bond donors (Lipinski definition) is 0. The van der Waals surface area contributed by atoms with Crippen LogP contribution in [0.1, 0.15) is 24.0 Å². The van der Waals surface area contributed by atoms with Crippen LogP contribution in [0.25, 0.3) is 0 Å². The molecule has 0 aliphatic carbocycles. The molecule has 1 aromatic carbocycles. The number of ether oxygens (including phenoxy) is 3. The standard InChI is InChI=1S/C20H28N2O5/c1-25-10-6-20(24)22-9-13-27-18-4-2-16(14-17(18)15-22)3-5-19(23)21-7-11-26-12-8-21/h2,4,14H,3,5-13,15H2,1H3. The smallest absolute Gasteiger partial charge is 0.225 e. The molecule has 1 saturated heterocycles. The minimum Gasteiger partial charge on any atom is -0.491 e. The van der Waals surface area contributed by atoms with Crippen molar-refractivity contribution in [2.24, 2.45) is 0 Å². The number of carbonyl (C=O) groups is 2. The average Bonchev–Trinajstić information content (AvgIpc) is 2.92. The molecule has 27 heavy (non-hydrogen) atoms. The van der Waals surface area contributed by atoms with E-state index in [0.717, 1.165) is 16.9 Å². The van der Waals surface area contributed by atoms with Crippen molar-refractivity contribution in [2.45, 2.75) is 25.8 Å². The number of amides is 2. The van der Waals surface area contributed by atoms with Gasteiger partial charge in [0.25, 0.3) is 0 Å². The largest absolute Gasteiger partial charge is 0.491 e. The Labute approximate surface area is 160 Å². The third kappa shape index (κ3) is 5.43. The first-order chi connectivity index (χ1) is 13.2. The first-order valence-electron chi connectivity index (χ1n) is 9.54. The predicted molar refractivity (Wildman–Crippen MR) is 99.6 cm³/mol. The molecule has 0 N–H and O–H groups in total. The SMILES string of the molecule is COCCC(=O)N1CCOc2ccc(CCC(=O)N3CCOCC3)cc2C1. The normalized spacial score (nSPS) is 17.1. The van der Waals surface area contributed by atoms with Crippen LogP contribution in [0.3, 0.4) is 0 Å². The van der Waals surface area contributed by atoms with E-state index in [4.69, 9.17) is 14.2 Å². The molecule has 1 fully saturated rings. The monoisotopic (exact) mass is 376 g/mol. The number of benzene rings is 1. The van der Waals surface area contributed by atoms with Gasteiger partial charge in [0.15, 0.2) is 0 Å². The number of carbonyl (C=O) groups excluding carboxylic acids is 2. The van der Waals surface area contributed by atoms with Crippen molar-refractivity contribution < 1.29 is 23.8 Å². The lowest BCUT2D eigenvalue weighted by atomic mass is 10.0. The highest BCUT2D eigenvalue weighted by Crippen LogP contribution is 2.25. The molecule has 0 bridgehead atoms. The van der Waals surface area contributed by atoms with E-state index in [-0.39, 0.29) is 11.8 Å². The molecule has 2 heterocycles. The molecule has 0 radical (unpaired) electrons. The van der Waals surface area contributed by atoms with Gasteiger partial charge in [-0.05, 0) is 18.1 Å². The summed E-state index contributed by atoms with van der Waals surface area (Å²) in [5.41, 5.74) is 2.08. The fourth-order valence-corrected chi connectivity index (χ4v) is 3.39.